The number of benzene rings is 5. The SMILES string of the molecule is [CH3-].[N-]=[N+]=NC(COC(c1ccccc1)(c1ccccc1)c1ccccc1)[C@@H]([CH-]OCc1ccccc1)OCc1ccccc1.[W+2]. The van der Waals surface area contributed by atoms with Crippen LogP contribution in [-0.4, -0.2) is 18.8 Å². The summed E-state index contributed by atoms with van der Waals surface area (Å²) in [7, 11) is 0. The van der Waals surface area contributed by atoms with Gasteiger partial charge in [0.15, 0.2) is 0 Å². The Morgan fingerprint density at radius 1 is 0.622 bits per heavy atom. The van der Waals surface area contributed by atoms with Gasteiger partial charge in [0.25, 0.3) is 0 Å². The van der Waals surface area contributed by atoms with Gasteiger partial charge in [-0.1, -0.05) is 157 Å². The zero-order valence-electron chi connectivity index (χ0n) is 25.3. The van der Waals surface area contributed by atoms with Gasteiger partial charge in [-0.3, -0.25) is 0 Å². The molecule has 0 aliphatic heterocycles. The standard InChI is InChI=1S/C37H34N3O3.CH3.W/c38-40-39-35(36(42-27-31-18-8-2-9-19-31)29-41-26-30-16-6-1-7-17-30)28-43-37(32-20-10-3-11-21-32,33-22-12-4-13-23-33)34-24-14-5-15-25-34;;/h1-25,29,35-36H,26-28H2;1H3;/q2*-1;+2/t35?,36-;;/m1../s1. The summed E-state index contributed by atoms with van der Waals surface area (Å²) in [6.45, 7) is 2.36. The van der Waals surface area contributed by atoms with Gasteiger partial charge in [-0.15, -0.1) is 0 Å². The maximum Gasteiger partial charge on any atom is 2.00 e. The van der Waals surface area contributed by atoms with Crippen LogP contribution in [0, 0.1) is 14.0 Å². The third-order valence-electron chi connectivity index (χ3n) is 7.20. The van der Waals surface area contributed by atoms with E-state index in [0.717, 1.165) is 27.8 Å². The summed E-state index contributed by atoms with van der Waals surface area (Å²) in [5.74, 6) is 0. The van der Waals surface area contributed by atoms with Gasteiger partial charge < -0.3 is 21.6 Å². The Bertz CT molecular complexity index is 1460. The minimum atomic E-state index is -0.970. The maximum absolute atomic E-state index is 9.65. The van der Waals surface area contributed by atoms with Crippen molar-refractivity contribution < 1.29 is 35.3 Å². The first-order valence-corrected chi connectivity index (χ1v) is 14.3. The molecular formula is C38H37N3O3W. The predicted octanol–water partition coefficient (Wildman–Crippen LogP) is 9.09. The average molecular weight is 768 g/mol. The maximum atomic E-state index is 9.65. The number of azide groups is 1. The number of rotatable bonds is 15. The van der Waals surface area contributed by atoms with Crippen LogP contribution in [0.25, 0.3) is 10.4 Å². The van der Waals surface area contributed by atoms with Gasteiger partial charge in [-0.2, -0.15) is 6.61 Å². The van der Waals surface area contributed by atoms with Crippen LogP contribution >= 0.6 is 0 Å². The summed E-state index contributed by atoms with van der Waals surface area (Å²) < 4.78 is 19.3. The molecule has 0 aliphatic carbocycles. The molecule has 0 spiro atoms. The molecule has 0 radical (unpaired) electrons. The molecule has 45 heavy (non-hydrogen) atoms. The van der Waals surface area contributed by atoms with Crippen LogP contribution in [0.5, 0.6) is 0 Å². The van der Waals surface area contributed by atoms with Crippen molar-refractivity contribution in [2.45, 2.75) is 31.0 Å². The first-order valence-electron chi connectivity index (χ1n) is 14.3. The number of ether oxygens (including phenoxy) is 3. The molecule has 5 aromatic rings. The molecule has 0 saturated heterocycles. The Labute approximate surface area is 280 Å². The van der Waals surface area contributed by atoms with E-state index in [9.17, 15) is 5.53 Å². The molecule has 5 aromatic carbocycles. The quantitative estimate of drug-likeness (QED) is 0.0351. The third kappa shape index (κ3) is 9.48. The first-order chi connectivity index (χ1) is 21.3. The van der Waals surface area contributed by atoms with Crippen LogP contribution in [0.4, 0.5) is 0 Å². The van der Waals surface area contributed by atoms with Gasteiger partial charge in [0, 0.05) is 11.5 Å². The molecule has 5 rings (SSSR count). The van der Waals surface area contributed by atoms with Crippen molar-refractivity contribution in [2.75, 3.05) is 6.61 Å². The normalized spacial score (nSPS) is 12.1. The van der Waals surface area contributed by atoms with E-state index in [2.05, 4.69) is 46.4 Å². The van der Waals surface area contributed by atoms with E-state index in [-0.39, 0.29) is 35.1 Å². The molecule has 0 aromatic heterocycles. The molecule has 0 saturated carbocycles. The fourth-order valence-electron chi connectivity index (χ4n) is 5.06. The Morgan fingerprint density at radius 3 is 1.44 bits per heavy atom. The zero-order chi connectivity index (χ0) is 29.6. The van der Waals surface area contributed by atoms with Crippen molar-refractivity contribution in [3.05, 3.63) is 204 Å². The Kier molecular flexibility index (Phi) is 14.7. The third-order valence-corrected chi connectivity index (χ3v) is 7.20. The van der Waals surface area contributed by atoms with Crippen LogP contribution in [0.1, 0.15) is 27.8 Å². The fraction of sp³-hybridized carbons (Fsp3) is 0.158. The molecule has 1 unspecified atom stereocenters. The van der Waals surface area contributed by atoms with Crippen LogP contribution in [0.2, 0.25) is 0 Å². The van der Waals surface area contributed by atoms with Crippen LogP contribution < -0.4 is 0 Å². The fourth-order valence-corrected chi connectivity index (χ4v) is 5.06. The van der Waals surface area contributed by atoms with E-state index in [1.807, 2.05) is 115 Å². The van der Waals surface area contributed by atoms with Gasteiger partial charge in [0.1, 0.15) is 5.60 Å². The molecule has 0 aliphatic rings. The van der Waals surface area contributed by atoms with Gasteiger partial charge in [-0.25, -0.2) is 0 Å². The molecular weight excluding hydrogens is 730 g/mol. The zero-order valence-corrected chi connectivity index (χ0v) is 28.2. The van der Waals surface area contributed by atoms with Gasteiger partial charge in [0.05, 0.1) is 19.3 Å². The second-order valence-electron chi connectivity index (χ2n) is 10.1. The second kappa shape index (κ2) is 18.7. The van der Waals surface area contributed by atoms with Crippen LogP contribution in [0.15, 0.2) is 157 Å². The summed E-state index contributed by atoms with van der Waals surface area (Å²) in [4.78, 5) is 3.19. The Hall–Kier alpha value is -4.02. The van der Waals surface area contributed by atoms with Gasteiger partial charge in [0.2, 0.25) is 0 Å². The monoisotopic (exact) mass is 767 g/mol. The van der Waals surface area contributed by atoms with Crippen molar-refractivity contribution in [3.8, 4) is 0 Å². The van der Waals surface area contributed by atoms with E-state index in [0.29, 0.717) is 13.2 Å². The van der Waals surface area contributed by atoms with Crippen molar-refractivity contribution in [3.63, 3.8) is 0 Å². The van der Waals surface area contributed by atoms with E-state index in [1.165, 1.54) is 0 Å². The molecule has 0 fully saturated rings. The minimum Gasteiger partial charge on any atom is -0.546 e. The number of hydrogen-bond acceptors (Lipinski definition) is 4. The smallest absolute Gasteiger partial charge is 0.546 e. The van der Waals surface area contributed by atoms with E-state index < -0.39 is 17.7 Å². The summed E-state index contributed by atoms with van der Waals surface area (Å²) >= 11 is 0. The Morgan fingerprint density at radius 2 is 1.02 bits per heavy atom. The van der Waals surface area contributed by atoms with Crippen LogP contribution in [-0.2, 0) is 54.1 Å². The number of nitrogens with zero attached hydrogens (tertiary/aromatic N) is 3. The van der Waals surface area contributed by atoms with Crippen molar-refractivity contribution in [1.82, 2.24) is 0 Å². The Balaban J connectivity index is 0.00000276. The summed E-state index contributed by atoms with van der Waals surface area (Å²) in [6, 6.07) is 49.3. The molecule has 0 N–H and O–H groups in total. The van der Waals surface area contributed by atoms with E-state index >= 15 is 0 Å². The predicted molar refractivity (Wildman–Crippen MR) is 175 cm³/mol. The molecule has 0 bridgehead atoms. The summed E-state index contributed by atoms with van der Waals surface area (Å²) in [5, 5.41) is 4.17. The first kappa shape index (κ1) is 35.5. The van der Waals surface area contributed by atoms with E-state index in [1.54, 1.807) is 6.61 Å². The topological polar surface area (TPSA) is 76.5 Å². The molecule has 0 amide bonds. The average Bonchev–Trinajstić information content (AvgIpc) is 3.08. The number of hydrogen-bond donors (Lipinski definition) is 0. The van der Waals surface area contributed by atoms with Crippen molar-refractivity contribution >= 4 is 0 Å². The van der Waals surface area contributed by atoms with Crippen LogP contribution in [0.3, 0.4) is 0 Å². The summed E-state index contributed by atoms with van der Waals surface area (Å²) in [6.07, 6.45) is -0.681. The van der Waals surface area contributed by atoms with Crippen molar-refractivity contribution in [1.29, 1.82) is 0 Å². The second-order valence-corrected chi connectivity index (χ2v) is 10.1. The molecule has 6 nitrogen and oxygen atoms in total. The summed E-state index contributed by atoms with van der Waals surface area (Å²) in [5.41, 5.74) is 13.6. The van der Waals surface area contributed by atoms with Gasteiger partial charge >= 0.3 is 21.1 Å². The van der Waals surface area contributed by atoms with Crippen molar-refractivity contribution in [2.24, 2.45) is 5.11 Å². The van der Waals surface area contributed by atoms with Gasteiger partial charge in [-0.05, 0) is 39.5 Å². The minimum absolute atomic E-state index is 0. The molecule has 0 heterocycles. The van der Waals surface area contributed by atoms with E-state index in [4.69, 9.17) is 14.2 Å². The molecule has 2 atom stereocenters. The largest absolute Gasteiger partial charge is 2.00 e. The molecule has 228 valence electrons. The molecule has 7 heteroatoms.